The Morgan fingerprint density at radius 3 is 2.62 bits per heavy atom. The third kappa shape index (κ3) is 2.95. The van der Waals surface area contributed by atoms with Gasteiger partial charge < -0.3 is 14.4 Å². The van der Waals surface area contributed by atoms with Crippen LogP contribution in [0.5, 0.6) is 0 Å². The Hall–Kier alpha value is -1.82. The molecule has 1 spiro atoms. The third-order valence-corrected chi connectivity index (χ3v) is 5.89. The molecule has 1 aromatic heterocycles. The summed E-state index contributed by atoms with van der Waals surface area (Å²) in [5.41, 5.74) is 0.0238. The van der Waals surface area contributed by atoms with Crippen LogP contribution in [0.15, 0.2) is 22.8 Å². The highest BCUT2D eigenvalue weighted by Gasteiger charge is 2.49. The number of hydrogen-bond acceptors (Lipinski definition) is 4. The lowest BCUT2D eigenvalue weighted by atomic mass is 9.76. The van der Waals surface area contributed by atoms with Crippen LogP contribution in [-0.4, -0.2) is 52.5 Å². The van der Waals surface area contributed by atoms with Crippen molar-refractivity contribution in [3.8, 4) is 0 Å². The van der Waals surface area contributed by atoms with Crippen LogP contribution in [-0.2, 0) is 16.1 Å². The van der Waals surface area contributed by atoms with Crippen molar-refractivity contribution in [1.29, 1.82) is 0 Å². The number of carboxylic acids is 1. The lowest BCUT2D eigenvalue weighted by Crippen LogP contribution is -2.44. The number of aliphatic carboxylic acids is 1. The Morgan fingerprint density at radius 2 is 2.04 bits per heavy atom. The van der Waals surface area contributed by atoms with Gasteiger partial charge in [0.15, 0.2) is 0 Å². The van der Waals surface area contributed by atoms with Gasteiger partial charge in [-0.2, -0.15) is 0 Å². The van der Waals surface area contributed by atoms with E-state index in [0.29, 0.717) is 18.9 Å². The largest absolute Gasteiger partial charge is 0.480 e. The van der Waals surface area contributed by atoms with Crippen molar-refractivity contribution >= 4 is 11.9 Å². The molecule has 3 aliphatic rings. The highest BCUT2D eigenvalue weighted by Crippen LogP contribution is 2.44. The van der Waals surface area contributed by atoms with Crippen molar-refractivity contribution in [2.24, 2.45) is 11.3 Å². The first kappa shape index (κ1) is 15.7. The third-order valence-electron chi connectivity index (χ3n) is 5.89. The summed E-state index contributed by atoms with van der Waals surface area (Å²) in [6, 6.07) is 3.26. The van der Waals surface area contributed by atoms with Gasteiger partial charge in [0.2, 0.25) is 5.91 Å². The van der Waals surface area contributed by atoms with E-state index in [0.717, 1.165) is 51.1 Å². The molecule has 24 heavy (non-hydrogen) atoms. The molecule has 1 amide bonds. The van der Waals surface area contributed by atoms with E-state index in [4.69, 9.17) is 4.42 Å². The second kappa shape index (κ2) is 5.92. The zero-order valence-corrected chi connectivity index (χ0v) is 13.8. The standard InChI is InChI=1S/C18H24N2O4/c21-16(13-3-4-13)19-7-5-18(6-8-19)10-15(17(22)23)20(12-18)11-14-2-1-9-24-14/h1-2,9,13,15H,3-8,10-12H2,(H,22,23)/t15-/m0/s1. The van der Waals surface area contributed by atoms with E-state index in [1.807, 2.05) is 21.9 Å². The van der Waals surface area contributed by atoms with Gasteiger partial charge in [0.05, 0.1) is 12.8 Å². The quantitative estimate of drug-likeness (QED) is 0.912. The minimum absolute atomic E-state index is 0.0238. The number of amides is 1. The van der Waals surface area contributed by atoms with Gasteiger partial charge in [-0.05, 0) is 49.7 Å². The summed E-state index contributed by atoms with van der Waals surface area (Å²) in [4.78, 5) is 27.9. The smallest absolute Gasteiger partial charge is 0.320 e. The summed E-state index contributed by atoms with van der Waals surface area (Å²) in [5, 5.41) is 9.61. The number of carbonyl (C=O) groups excluding carboxylic acids is 1. The maximum atomic E-state index is 12.2. The summed E-state index contributed by atoms with van der Waals surface area (Å²) in [6.45, 7) is 2.86. The van der Waals surface area contributed by atoms with Crippen molar-refractivity contribution in [2.45, 2.75) is 44.7 Å². The van der Waals surface area contributed by atoms with E-state index in [-0.39, 0.29) is 11.3 Å². The lowest BCUT2D eigenvalue weighted by molar-refractivity contribution is -0.142. The fourth-order valence-corrected chi connectivity index (χ4v) is 4.31. The number of likely N-dealkylation sites (tertiary alicyclic amines) is 2. The first-order chi connectivity index (χ1) is 11.6. The van der Waals surface area contributed by atoms with Crippen LogP contribution in [0.3, 0.4) is 0 Å². The van der Waals surface area contributed by atoms with Gasteiger partial charge in [-0.25, -0.2) is 0 Å². The van der Waals surface area contributed by atoms with Gasteiger partial charge in [-0.15, -0.1) is 0 Å². The molecule has 4 rings (SSSR count). The topological polar surface area (TPSA) is 74.0 Å². The molecule has 2 saturated heterocycles. The van der Waals surface area contributed by atoms with Crippen molar-refractivity contribution in [2.75, 3.05) is 19.6 Å². The van der Waals surface area contributed by atoms with Gasteiger partial charge in [0.1, 0.15) is 11.8 Å². The molecule has 1 aromatic rings. The zero-order chi connectivity index (χ0) is 16.7. The molecule has 1 N–H and O–H groups in total. The van der Waals surface area contributed by atoms with Crippen LogP contribution in [0.2, 0.25) is 0 Å². The number of nitrogens with zero attached hydrogens (tertiary/aromatic N) is 2. The SMILES string of the molecule is O=C(O)[C@@H]1CC2(CCN(C(=O)C3CC3)CC2)CN1Cc1ccco1. The molecule has 1 atom stereocenters. The van der Waals surface area contributed by atoms with E-state index in [2.05, 4.69) is 0 Å². The van der Waals surface area contributed by atoms with Crippen molar-refractivity contribution in [1.82, 2.24) is 9.80 Å². The van der Waals surface area contributed by atoms with Gasteiger partial charge >= 0.3 is 5.97 Å². The van der Waals surface area contributed by atoms with E-state index in [1.54, 1.807) is 6.26 Å². The van der Waals surface area contributed by atoms with Gasteiger partial charge in [0, 0.05) is 25.6 Å². The minimum Gasteiger partial charge on any atom is -0.480 e. The molecule has 1 saturated carbocycles. The molecule has 2 aliphatic heterocycles. The number of carboxylic acid groups (broad SMARTS) is 1. The van der Waals surface area contributed by atoms with Gasteiger partial charge in [-0.1, -0.05) is 0 Å². The minimum atomic E-state index is -0.755. The predicted molar refractivity (Wildman–Crippen MR) is 86.1 cm³/mol. The van der Waals surface area contributed by atoms with Gasteiger partial charge in [0.25, 0.3) is 0 Å². The molecule has 0 radical (unpaired) electrons. The van der Waals surface area contributed by atoms with E-state index < -0.39 is 12.0 Å². The first-order valence-corrected chi connectivity index (χ1v) is 8.84. The Balaban J connectivity index is 1.42. The normalized spacial score (nSPS) is 26.8. The van der Waals surface area contributed by atoms with Crippen LogP contribution in [0.4, 0.5) is 0 Å². The predicted octanol–water partition coefficient (Wildman–Crippen LogP) is 1.96. The molecular weight excluding hydrogens is 308 g/mol. The second-order valence-electron chi connectivity index (χ2n) is 7.64. The van der Waals surface area contributed by atoms with E-state index in [1.165, 1.54) is 0 Å². The van der Waals surface area contributed by atoms with Crippen LogP contribution in [0.25, 0.3) is 0 Å². The maximum absolute atomic E-state index is 12.2. The Labute approximate surface area is 141 Å². The summed E-state index contributed by atoms with van der Waals surface area (Å²) >= 11 is 0. The number of piperidine rings is 1. The Bertz CT molecular complexity index is 615. The molecular formula is C18H24N2O4. The van der Waals surface area contributed by atoms with Crippen LogP contribution in [0.1, 0.15) is 37.9 Å². The number of hydrogen-bond donors (Lipinski definition) is 1. The summed E-state index contributed by atoms with van der Waals surface area (Å²) < 4.78 is 5.39. The molecule has 1 aliphatic carbocycles. The second-order valence-corrected chi connectivity index (χ2v) is 7.64. The summed E-state index contributed by atoms with van der Waals surface area (Å²) in [5.74, 6) is 0.629. The molecule has 0 unspecified atom stereocenters. The highest BCUT2D eigenvalue weighted by atomic mass is 16.4. The molecule has 3 fully saturated rings. The number of carbonyl (C=O) groups is 2. The summed E-state index contributed by atoms with van der Waals surface area (Å²) in [7, 11) is 0. The zero-order valence-electron chi connectivity index (χ0n) is 13.8. The van der Waals surface area contributed by atoms with Crippen LogP contribution in [0, 0.1) is 11.3 Å². The van der Waals surface area contributed by atoms with Crippen LogP contribution >= 0.6 is 0 Å². The lowest BCUT2D eigenvalue weighted by Gasteiger charge is -2.39. The maximum Gasteiger partial charge on any atom is 0.320 e. The molecule has 0 bridgehead atoms. The fraction of sp³-hybridized carbons (Fsp3) is 0.667. The van der Waals surface area contributed by atoms with Crippen molar-refractivity contribution in [3.05, 3.63) is 24.2 Å². The first-order valence-electron chi connectivity index (χ1n) is 8.84. The number of rotatable bonds is 4. The highest BCUT2D eigenvalue weighted by molar-refractivity contribution is 5.81. The average Bonchev–Trinajstić information content (AvgIpc) is 3.19. The molecule has 130 valence electrons. The molecule has 0 aromatic carbocycles. The average molecular weight is 332 g/mol. The monoisotopic (exact) mass is 332 g/mol. The number of furan rings is 1. The Kier molecular flexibility index (Phi) is 3.87. The van der Waals surface area contributed by atoms with Crippen LogP contribution < -0.4 is 0 Å². The molecule has 3 heterocycles. The molecule has 6 heteroatoms. The molecule has 6 nitrogen and oxygen atoms in total. The van der Waals surface area contributed by atoms with Gasteiger partial charge in [-0.3, -0.25) is 14.5 Å². The van der Waals surface area contributed by atoms with Crippen molar-refractivity contribution < 1.29 is 19.1 Å². The van der Waals surface area contributed by atoms with E-state index >= 15 is 0 Å². The Morgan fingerprint density at radius 1 is 1.29 bits per heavy atom. The summed E-state index contributed by atoms with van der Waals surface area (Å²) in [6.07, 6.45) is 6.19. The van der Waals surface area contributed by atoms with E-state index in [9.17, 15) is 14.7 Å². The fourth-order valence-electron chi connectivity index (χ4n) is 4.31. The van der Waals surface area contributed by atoms with Crippen molar-refractivity contribution in [3.63, 3.8) is 0 Å².